The Morgan fingerprint density at radius 1 is 1.12 bits per heavy atom. The summed E-state index contributed by atoms with van der Waals surface area (Å²) in [5, 5.41) is 10.0. The van der Waals surface area contributed by atoms with Crippen LogP contribution in [0.1, 0.15) is 10.5 Å². The van der Waals surface area contributed by atoms with Crippen molar-refractivity contribution in [2.45, 2.75) is 0 Å². The number of nitrogens with zero attached hydrogens (tertiary/aromatic N) is 2. The van der Waals surface area contributed by atoms with Crippen LogP contribution in [0.2, 0.25) is 0 Å². The van der Waals surface area contributed by atoms with E-state index in [0.29, 0.717) is 11.1 Å². The summed E-state index contributed by atoms with van der Waals surface area (Å²) in [6.07, 6.45) is 0. The van der Waals surface area contributed by atoms with Gasteiger partial charge in [0.05, 0.1) is 5.52 Å². The number of H-pyrrole nitrogens is 1. The van der Waals surface area contributed by atoms with E-state index in [0.717, 1.165) is 11.2 Å². The zero-order valence-electron chi connectivity index (χ0n) is 13.9. The molecule has 0 unspecified atom stereocenters. The molecule has 2 N–H and O–H groups in total. The van der Waals surface area contributed by atoms with Crippen LogP contribution in [-0.2, 0) is 9.53 Å². The molecule has 0 aliphatic heterocycles. The Kier molecular flexibility index (Phi) is 4.65. The maximum absolute atomic E-state index is 12.1. The summed E-state index contributed by atoms with van der Waals surface area (Å²) in [7, 11) is 3.87. The Balaban J connectivity index is 1.57. The lowest BCUT2D eigenvalue weighted by molar-refractivity contribution is -0.119. The summed E-state index contributed by atoms with van der Waals surface area (Å²) >= 11 is 0. The van der Waals surface area contributed by atoms with Gasteiger partial charge >= 0.3 is 5.97 Å². The van der Waals surface area contributed by atoms with E-state index in [1.54, 1.807) is 24.3 Å². The van der Waals surface area contributed by atoms with Gasteiger partial charge in [-0.1, -0.05) is 18.2 Å². The number of rotatable bonds is 5. The van der Waals surface area contributed by atoms with E-state index in [2.05, 4.69) is 15.5 Å². The van der Waals surface area contributed by atoms with Crippen molar-refractivity contribution >= 4 is 34.2 Å². The molecule has 3 rings (SSSR count). The van der Waals surface area contributed by atoms with Crippen LogP contribution >= 0.6 is 0 Å². The second kappa shape index (κ2) is 7.04. The van der Waals surface area contributed by atoms with Gasteiger partial charge in [-0.25, -0.2) is 4.79 Å². The Morgan fingerprint density at radius 3 is 2.56 bits per heavy atom. The Bertz CT molecular complexity index is 900. The van der Waals surface area contributed by atoms with E-state index in [1.807, 2.05) is 43.3 Å². The molecule has 0 radical (unpaired) electrons. The number of para-hydroxylation sites is 1. The van der Waals surface area contributed by atoms with Gasteiger partial charge in [0.1, 0.15) is 0 Å². The van der Waals surface area contributed by atoms with Crippen LogP contribution in [0.5, 0.6) is 0 Å². The molecule has 0 saturated carbocycles. The highest BCUT2D eigenvalue weighted by Crippen LogP contribution is 2.17. The lowest BCUT2D eigenvalue weighted by Gasteiger charge is -2.13. The molecule has 3 aromatic rings. The molecule has 2 aromatic carbocycles. The summed E-state index contributed by atoms with van der Waals surface area (Å²) < 4.78 is 5.05. The third-order valence-electron chi connectivity index (χ3n) is 3.67. The fraction of sp³-hybridized carbons (Fsp3) is 0.167. The van der Waals surface area contributed by atoms with Crippen LogP contribution in [0.4, 0.5) is 11.4 Å². The number of nitrogens with one attached hydrogen (secondary N) is 2. The second-order valence-corrected chi connectivity index (χ2v) is 5.68. The minimum Gasteiger partial charge on any atom is -0.451 e. The molecule has 7 heteroatoms. The number of hydrogen-bond acceptors (Lipinski definition) is 5. The Hall–Kier alpha value is -3.35. The zero-order valence-corrected chi connectivity index (χ0v) is 13.9. The van der Waals surface area contributed by atoms with Crippen LogP contribution in [-0.4, -0.2) is 42.8 Å². The van der Waals surface area contributed by atoms with Crippen LogP contribution in [0.25, 0.3) is 10.9 Å². The maximum Gasteiger partial charge on any atom is 0.359 e. The number of ether oxygens (including phenoxy) is 1. The van der Waals surface area contributed by atoms with Crippen molar-refractivity contribution in [1.29, 1.82) is 0 Å². The fourth-order valence-electron chi connectivity index (χ4n) is 2.36. The summed E-state index contributed by atoms with van der Waals surface area (Å²) in [5.41, 5.74) is 2.56. The molecule has 0 spiro atoms. The largest absolute Gasteiger partial charge is 0.451 e. The number of fused-ring (bicyclic) bond motifs is 1. The molecule has 0 fully saturated rings. The maximum atomic E-state index is 12.1. The van der Waals surface area contributed by atoms with Crippen molar-refractivity contribution in [3.05, 3.63) is 54.2 Å². The van der Waals surface area contributed by atoms with Crippen LogP contribution in [0.15, 0.2) is 48.5 Å². The smallest absolute Gasteiger partial charge is 0.359 e. The van der Waals surface area contributed by atoms with Crippen molar-refractivity contribution in [1.82, 2.24) is 10.2 Å². The third-order valence-corrected chi connectivity index (χ3v) is 3.67. The van der Waals surface area contributed by atoms with Gasteiger partial charge in [-0.15, -0.1) is 0 Å². The van der Waals surface area contributed by atoms with Gasteiger partial charge in [0.15, 0.2) is 12.3 Å². The molecule has 0 aliphatic carbocycles. The summed E-state index contributed by atoms with van der Waals surface area (Å²) in [5.74, 6) is -1.05. The molecule has 128 valence electrons. The van der Waals surface area contributed by atoms with Crippen molar-refractivity contribution in [2.24, 2.45) is 0 Å². The monoisotopic (exact) mass is 338 g/mol. The topological polar surface area (TPSA) is 87.3 Å². The first kappa shape index (κ1) is 16.5. The summed E-state index contributed by atoms with van der Waals surface area (Å²) in [4.78, 5) is 26.0. The van der Waals surface area contributed by atoms with Gasteiger partial charge < -0.3 is 15.0 Å². The zero-order chi connectivity index (χ0) is 17.8. The molecule has 0 aliphatic rings. The molecule has 7 nitrogen and oxygen atoms in total. The van der Waals surface area contributed by atoms with Crippen molar-refractivity contribution in [3.8, 4) is 0 Å². The molecule has 1 amide bonds. The van der Waals surface area contributed by atoms with E-state index in [1.165, 1.54) is 0 Å². The lowest BCUT2D eigenvalue weighted by atomic mass is 10.2. The quantitative estimate of drug-likeness (QED) is 0.698. The van der Waals surface area contributed by atoms with Crippen molar-refractivity contribution in [3.63, 3.8) is 0 Å². The number of anilines is 2. The normalized spacial score (nSPS) is 10.5. The first-order valence-corrected chi connectivity index (χ1v) is 7.72. The molecule has 25 heavy (non-hydrogen) atoms. The van der Waals surface area contributed by atoms with Crippen molar-refractivity contribution < 1.29 is 14.3 Å². The first-order valence-electron chi connectivity index (χ1n) is 7.72. The molecule has 0 atom stereocenters. The summed E-state index contributed by atoms with van der Waals surface area (Å²) in [6.45, 7) is -0.380. The standard InChI is InChI=1S/C18H18N4O3/c1-22(2)13-9-7-12(8-10-13)19-16(23)11-25-18(24)17-14-5-3-4-6-15(14)20-21-17/h3-10H,11H2,1-2H3,(H,19,23)(H,20,21). The number of hydrogen-bond donors (Lipinski definition) is 2. The minimum atomic E-state index is -0.643. The number of aromatic nitrogens is 2. The SMILES string of the molecule is CN(C)c1ccc(NC(=O)COC(=O)c2n[nH]c3ccccc23)cc1. The molecule has 1 aromatic heterocycles. The number of esters is 1. The van der Waals surface area contributed by atoms with Crippen molar-refractivity contribution in [2.75, 3.05) is 30.9 Å². The summed E-state index contributed by atoms with van der Waals surface area (Å²) in [6, 6.07) is 14.6. The molecule has 1 heterocycles. The van der Waals surface area contributed by atoms with E-state index in [4.69, 9.17) is 4.74 Å². The van der Waals surface area contributed by atoms with Gasteiger partial charge in [0, 0.05) is 30.9 Å². The number of carbonyl (C=O) groups excluding carboxylic acids is 2. The molecular weight excluding hydrogens is 320 g/mol. The average Bonchev–Trinajstić information content (AvgIpc) is 3.04. The van der Waals surface area contributed by atoms with Crippen LogP contribution < -0.4 is 10.2 Å². The highest BCUT2D eigenvalue weighted by molar-refractivity contribution is 6.03. The van der Waals surface area contributed by atoms with Crippen LogP contribution in [0, 0.1) is 0 Å². The number of benzene rings is 2. The molecular formula is C18H18N4O3. The molecule has 0 bridgehead atoms. The third kappa shape index (κ3) is 3.77. The Labute approximate surface area is 144 Å². The van der Waals surface area contributed by atoms with Gasteiger partial charge in [0.25, 0.3) is 5.91 Å². The van der Waals surface area contributed by atoms with E-state index in [-0.39, 0.29) is 12.3 Å². The lowest BCUT2D eigenvalue weighted by Crippen LogP contribution is -2.21. The van der Waals surface area contributed by atoms with Crippen LogP contribution in [0.3, 0.4) is 0 Å². The highest BCUT2D eigenvalue weighted by Gasteiger charge is 2.16. The van der Waals surface area contributed by atoms with Gasteiger partial charge in [-0.05, 0) is 30.3 Å². The predicted molar refractivity (Wildman–Crippen MR) is 95.8 cm³/mol. The fourth-order valence-corrected chi connectivity index (χ4v) is 2.36. The Morgan fingerprint density at radius 2 is 1.84 bits per heavy atom. The first-order chi connectivity index (χ1) is 12.0. The second-order valence-electron chi connectivity index (χ2n) is 5.68. The van der Waals surface area contributed by atoms with E-state index in [9.17, 15) is 9.59 Å². The van der Waals surface area contributed by atoms with Gasteiger partial charge in [-0.2, -0.15) is 5.10 Å². The average molecular weight is 338 g/mol. The number of aromatic amines is 1. The molecule has 0 saturated heterocycles. The van der Waals surface area contributed by atoms with Gasteiger partial charge in [0.2, 0.25) is 0 Å². The predicted octanol–water partition coefficient (Wildman–Crippen LogP) is 2.42. The van der Waals surface area contributed by atoms with Gasteiger partial charge in [-0.3, -0.25) is 9.89 Å². The number of amides is 1. The van der Waals surface area contributed by atoms with E-state index < -0.39 is 11.9 Å². The number of carbonyl (C=O) groups is 2. The highest BCUT2D eigenvalue weighted by atomic mass is 16.5. The minimum absolute atomic E-state index is 0.165. The van der Waals surface area contributed by atoms with E-state index >= 15 is 0 Å².